The number of nitrogens with one attached hydrogen (secondary N) is 1. The molecule has 25 heavy (non-hydrogen) atoms. The van der Waals surface area contributed by atoms with Crippen LogP contribution < -0.4 is 5.32 Å². The van der Waals surface area contributed by atoms with Crippen molar-refractivity contribution in [2.24, 2.45) is 0 Å². The van der Waals surface area contributed by atoms with E-state index in [1.165, 1.54) is 10.4 Å². The lowest BCUT2D eigenvalue weighted by atomic mass is 10.2. The predicted molar refractivity (Wildman–Crippen MR) is 98.2 cm³/mol. The van der Waals surface area contributed by atoms with E-state index in [0.717, 1.165) is 19.3 Å². The molecule has 0 aliphatic carbocycles. The first-order chi connectivity index (χ1) is 11.9. The van der Waals surface area contributed by atoms with E-state index in [4.69, 9.17) is 4.42 Å². The molecule has 3 rings (SSSR count). The fraction of sp³-hybridized carbons (Fsp3) is 0.353. The molecule has 0 atom stereocenters. The maximum absolute atomic E-state index is 12.9. The predicted octanol–water partition coefficient (Wildman–Crippen LogP) is 3.78. The van der Waals surface area contributed by atoms with Crippen molar-refractivity contribution in [2.45, 2.75) is 31.1 Å². The Kier molecular flexibility index (Phi) is 5.31. The molecule has 2 heterocycles. The molecule has 0 saturated carbocycles. The van der Waals surface area contributed by atoms with Crippen LogP contribution in [-0.4, -0.2) is 31.7 Å². The normalized spacial score (nSPS) is 15.9. The second-order valence-corrected chi connectivity index (χ2v) is 8.67. The van der Waals surface area contributed by atoms with Crippen molar-refractivity contribution in [1.82, 2.24) is 4.31 Å². The molecule has 0 radical (unpaired) electrons. The first-order valence-corrected chi connectivity index (χ1v) is 10.3. The lowest BCUT2D eigenvalue weighted by Crippen LogP contribution is -2.36. The van der Waals surface area contributed by atoms with Gasteiger partial charge < -0.3 is 9.73 Å². The van der Waals surface area contributed by atoms with Gasteiger partial charge in [0.2, 0.25) is 10.0 Å². The number of carbonyl (C=O) groups is 1. The van der Waals surface area contributed by atoms with Crippen LogP contribution in [0.1, 0.15) is 35.4 Å². The minimum atomic E-state index is -3.65. The molecular weight excluding hydrogens is 408 g/mol. The van der Waals surface area contributed by atoms with Crippen LogP contribution >= 0.6 is 15.9 Å². The van der Waals surface area contributed by atoms with E-state index in [0.29, 0.717) is 23.3 Å². The second-order valence-electron chi connectivity index (χ2n) is 5.98. The molecule has 1 fully saturated rings. The Bertz CT molecular complexity index is 886. The molecule has 1 N–H and O–H groups in total. The molecule has 0 bridgehead atoms. The summed E-state index contributed by atoms with van der Waals surface area (Å²) in [6, 6.07) is 8.13. The average molecular weight is 427 g/mol. The highest BCUT2D eigenvalue weighted by Crippen LogP contribution is 2.28. The molecular formula is C17H19BrN2O4S. The van der Waals surface area contributed by atoms with E-state index in [1.807, 2.05) is 0 Å². The number of rotatable bonds is 4. The van der Waals surface area contributed by atoms with Gasteiger partial charge in [-0.1, -0.05) is 18.6 Å². The third-order valence-electron chi connectivity index (χ3n) is 4.16. The molecule has 8 heteroatoms. The number of hydrogen-bond donors (Lipinski definition) is 1. The number of anilines is 1. The van der Waals surface area contributed by atoms with Crippen LogP contribution in [0.3, 0.4) is 0 Å². The summed E-state index contributed by atoms with van der Waals surface area (Å²) >= 11 is 3.19. The summed E-state index contributed by atoms with van der Waals surface area (Å²) in [5.74, 6) is -0.332. The third kappa shape index (κ3) is 3.80. The number of benzene rings is 1. The largest absolute Gasteiger partial charge is 0.444 e. The smallest absolute Gasteiger partial charge is 0.291 e. The highest BCUT2D eigenvalue weighted by Gasteiger charge is 2.29. The summed E-state index contributed by atoms with van der Waals surface area (Å²) in [5.41, 5.74) is 0.922. The van der Waals surface area contributed by atoms with E-state index in [1.54, 1.807) is 31.2 Å². The number of halogens is 1. The number of amides is 1. The van der Waals surface area contributed by atoms with Gasteiger partial charge in [-0.3, -0.25) is 4.79 Å². The summed E-state index contributed by atoms with van der Waals surface area (Å²) in [7, 11) is -3.65. The first-order valence-electron chi connectivity index (χ1n) is 8.06. The van der Waals surface area contributed by atoms with Crippen molar-refractivity contribution in [2.75, 3.05) is 18.4 Å². The molecule has 2 aromatic rings. The van der Waals surface area contributed by atoms with Gasteiger partial charge in [0.1, 0.15) is 4.90 Å². The molecule has 1 aliphatic rings. The zero-order valence-electron chi connectivity index (χ0n) is 13.8. The minimum absolute atomic E-state index is 0.105. The van der Waals surface area contributed by atoms with E-state index in [2.05, 4.69) is 21.2 Å². The van der Waals surface area contributed by atoms with Gasteiger partial charge in [0, 0.05) is 18.7 Å². The molecule has 1 aromatic carbocycles. The van der Waals surface area contributed by atoms with Gasteiger partial charge in [-0.2, -0.15) is 4.31 Å². The van der Waals surface area contributed by atoms with E-state index in [-0.39, 0.29) is 16.3 Å². The van der Waals surface area contributed by atoms with Gasteiger partial charge in [0.05, 0.1) is 5.69 Å². The fourth-order valence-electron chi connectivity index (χ4n) is 2.89. The van der Waals surface area contributed by atoms with Crippen molar-refractivity contribution in [3.8, 4) is 0 Å². The van der Waals surface area contributed by atoms with Crippen LogP contribution in [0.4, 0.5) is 5.69 Å². The summed E-state index contributed by atoms with van der Waals surface area (Å²) in [5, 5.41) is 2.67. The lowest BCUT2D eigenvalue weighted by molar-refractivity contribution is 0.0994. The number of para-hydroxylation sites is 1. The van der Waals surface area contributed by atoms with Crippen LogP contribution in [-0.2, 0) is 10.0 Å². The Labute approximate surface area is 155 Å². The summed E-state index contributed by atoms with van der Waals surface area (Å²) < 4.78 is 33.1. The number of furan rings is 1. The zero-order valence-corrected chi connectivity index (χ0v) is 16.2. The zero-order chi connectivity index (χ0) is 18.0. The van der Waals surface area contributed by atoms with Gasteiger partial charge in [-0.15, -0.1) is 0 Å². The van der Waals surface area contributed by atoms with Crippen LogP contribution in [0.2, 0.25) is 0 Å². The van der Waals surface area contributed by atoms with Crippen molar-refractivity contribution < 1.29 is 17.6 Å². The van der Waals surface area contributed by atoms with Gasteiger partial charge >= 0.3 is 0 Å². The Balaban J connectivity index is 1.91. The van der Waals surface area contributed by atoms with Gasteiger partial charge in [-0.05, 0) is 53.9 Å². The van der Waals surface area contributed by atoms with Gasteiger partial charge in [0.25, 0.3) is 5.91 Å². The van der Waals surface area contributed by atoms with Crippen molar-refractivity contribution in [1.29, 1.82) is 0 Å². The van der Waals surface area contributed by atoms with Crippen molar-refractivity contribution in [3.63, 3.8) is 0 Å². The molecule has 1 aliphatic heterocycles. The molecule has 0 spiro atoms. The highest BCUT2D eigenvalue weighted by molar-refractivity contribution is 9.10. The summed E-state index contributed by atoms with van der Waals surface area (Å²) in [4.78, 5) is 12.6. The Morgan fingerprint density at radius 1 is 1.20 bits per heavy atom. The van der Waals surface area contributed by atoms with E-state index >= 15 is 0 Å². The Morgan fingerprint density at radius 2 is 1.88 bits per heavy atom. The standard InChI is InChI=1S/C17H19BrN2O4S/c1-12-11-15(18)24-16(12)17(21)19-13-7-3-4-8-14(13)25(22,23)20-9-5-2-6-10-20/h3-4,7-8,11H,2,5-6,9-10H2,1H3,(H,19,21). The van der Waals surface area contributed by atoms with Crippen LogP contribution in [0.25, 0.3) is 0 Å². The Hall–Kier alpha value is -1.64. The molecule has 134 valence electrons. The highest BCUT2D eigenvalue weighted by atomic mass is 79.9. The van der Waals surface area contributed by atoms with E-state index in [9.17, 15) is 13.2 Å². The monoisotopic (exact) mass is 426 g/mol. The maximum Gasteiger partial charge on any atom is 0.291 e. The quantitative estimate of drug-likeness (QED) is 0.806. The number of piperidine rings is 1. The SMILES string of the molecule is Cc1cc(Br)oc1C(=O)Nc1ccccc1S(=O)(=O)N1CCCCC1. The van der Waals surface area contributed by atoms with Crippen LogP contribution in [0.5, 0.6) is 0 Å². The van der Waals surface area contributed by atoms with Crippen LogP contribution in [0, 0.1) is 6.92 Å². The number of aryl methyl sites for hydroxylation is 1. The minimum Gasteiger partial charge on any atom is -0.444 e. The molecule has 1 saturated heterocycles. The van der Waals surface area contributed by atoms with Gasteiger partial charge in [-0.25, -0.2) is 8.42 Å². The average Bonchev–Trinajstić information content (AvgIpc) is 2.94. The molecule has 1 aromatic heterocycles. The Morgan fingerprint density at radius 3 is 2.52 bits per heavy atom. The van der Waals surface area contributed by atoms with Crippen LogP contribution in [0.15, 0.2) is 44.3 Å². The second kappa shape index (κ2) is 7.31. The van der Waals surface area contributed by atoms with E-state index < -0.39 is 15.9 Å². The first kappa shape index (κ1) is 18.2. The molecule has 0 unspecified atom stereocenters. The maximum atomic E-state index is 12.9. The van der Waals surface area contributed by atoms with Crippen molar-refractivity contribution in [3.05, 3.63) is 46.3 Å². The van der Waals surface area contributed by atoms with Gasteiger partial charge in [0.15, 0.2) is 10.4 Å². The molecule has 6 nitrogen and oxygen atoms in total. The number of sulfonamides is 1. The number of nitrogens with zero attached hydrogens (tertiary/aromatic N) is 1. The summed E-state index contributed by atoms with van der Waals surface area (Å²) in [6.07, 6.45) is 2.75. The number of hydrogen-bond acceptors (Lipinski definition) is 4. The fourth-order valence-corrected chi connectivity index (χ4v) is 5.06. The molecule has 1 amide bonds. The summed E-state index contributed by atoms with van der Waals surface area (Å²) in [6.45, 7) is 2.77. The third-order valence-corrected chi connectivity index (χ3v) is 6.51. The lowest BCUT2D eigenvalue weighted by Gasteiger charge is -2.26. The topological polar surface area (TPSA) is 79.6 Å². The van der Waals surface area contributed by atoms with Crippen molar-refractivity contribution >= 4 is 37.5 Å². The number of carbonyl (C=O) groups excluding carboxylic acids is 1.